The summed E-state index contributed by atoms with van der Waals surface area (Å²) in [6.07, 6.45) is 2.24. The molecule has 10 heavy (non-hydrogen) atoms. The lowest BCUT2D eigenvalue weighted by atomic mass is 10.2. The summed E-state index contributed by atoms with van der Waals surface area (Å²) >= 11 is 0. The van der Waals surface area contributed by atoms with E-state index in [-0.39, 0.29) is 5.91 Å². The molecule has 0 rings (SSSR count). The van der Waals surface area contributed by atoms with E-state index in [9.17, 15) is 4.79 Å². The largest absolute Gasteiger partial charge is 0.289 e. The van der Waals surface area contributed by atoms with Crippen molar-refractivity contribution in [3.63, 3.8) is 0 Å². The van der Waals surface area contributed by atoms with Crippen molar-refractivity contribution in [2.45, 2.75) is 40.0 Å². The van der Waals surface area contributed by atoms with Crippen LogP contribution in [0.3, 0.4) is 0 Å². The molecule has 62 valence electrons. The average molecular weight is 147 g/mol. The maximum absolute atomic E-state index is 10.2. The summed E-state index contributed by atoms with van der Waals surface area (Å²) in [7, 11) is 0. The molecule has 3 nitrogen and oxygen atoms in total. The molecule has 0 aromatic rings. The highest BCUT2D eigenvalue weighted by atomic mass is 16.5. The van der Waals surface area contributed by atoms with E-state index < -0.39 is 0 Å². The molecule has 0 bridgehead atoms. The van der Waals surface area contributed by atoms with Gasteiger partial charge in [0.25, 0.3) is 0 Å². The molecule has 0 aliphatic heterocycles. The van der Waals surface area contributed by atoms with E-state index in [0.717, 1.165) is 12.8 Å². The predicted molar refractivity (Wildman–Crippen MR) is 40.8 cm³/mol. The lowest BCUT2D eigenvalue weighted by Crippen LogP contribution is -2.17. The molecule has 0 saturated heterocycles. The van der Waals surface area contributed by atoms with Crippen molar-refractivity contribution < 1.29 is 10.0 Å². The summed E-state index contributed by atoms with van der Waals surface area (Å²) in [6, 6.07) is 0. The number of hydroxylamine groups is 1. The summed E-state index contributed by atoms with van der Waals surface area (Å²) in [5.41, 5.74) is 1.56. The van der Waals surface area contributed by atoms with Crippen LogP contribution >= 0.6 is 0 Å². The molecule has 0 aliphatic rings. The van der Waals surface area contributed by atoms with Gasteiger partial charge in [-0.3, -0.25) is 10.0 Å². The van der Waals surface area contributed by atoms with Gasteiger partial charge in [0.1, 0.15) is 0 Å². The van der Waals surface area contributed by atoms with Gasteiger partial charge in [-0.05, 0) is 6.42 Å². The van der Waals surface area contributed by atoms with Crippen molar-refractivity contribution in [3.8, 4) is 0 Å². The molecule has 0 spiro atoms. The van der Waals surface area contributed by atoms with Crippen LogP contribution in [0.4, 0.5) is 0 Å². The number of hydrogen-bond donors (Lipinski definition) is 2. The minimum atomic E-state index is -0.299. The summed E-state index contributed by atoms with van der Waals surface area (Å²) in [4.78, 5) is 10.2. The second kappa shape index (κ2) is 11.3. The van der Waals surface area contributed by atoms with E-state index in [2.05, 4.69) is 0 Å². The smallest absolute Gasteiger partial charge is 0.243 e. The highest BCUT2D eigenvalue weighted by Crippen LogP contribution is 1.91. The summed E-state index contributed by atoms with van der Waals surface area (Å²) < 4.78 is 0. The Hall–Kier alpha value is -0.570. The number of carbonyl (C=O) groups excluding carboxylic acids is 1. The van der Waals surface area contributed by atoms with Gasteiger partial charge in [-0.2, -0.15) is 0 Å². The van der Waals surface area contributed by atoms with Crippen molar-refractivity contribution >= 4 is 5.91 Å². The Morgan fingerprint density at radius 2 is 2.00 bits per heavy atom. The van der Waals surface area contributed by atoms with Crippen LogP contribution in [-0.2, 0) is 4.79 Å². The summed E-state index contributed by atoms with van der Waals surface area (Å²) in [5.74, 6) is -0.299. The van der Waals surface area contributed by atoms with E-state index in [1.54, 1.807) is 5.48 Å². The zero-order valence-electron chi connectivity index (χ0n) is 6.98. The molecular formula is C7H17NO2. The van der Waals surface area contributed by atoms with Crippen molar-refractivity contribution in [3.05, 3.63) is 0 Å². The number of unbranched alkanes of at least 4 members (excludes halogenated alkanes) is 1. The first-order valence-corrected chi connectivity index (χ1v) is 3.74. The Morgan fingerprint density at radius 3 is 2.30 bits per heavy atom. The van der Waals surface area contributed by atoms with Gasteiger partial charge in [0.05, 0.1) is 0 Å². The van der Waals surface area contributed by atoms with E-state index in [4.69, 9.17) is 5.21 Å². The number of rotatable bonds is 3. The molecule has 0 heterocycles. The van der Waals surface area contributed by atoms with Crippen LogP contribution in [0.5, 0.6) is 0 Å². The molecule has 2 N–H and O–H groups in total. The Kier molecular flexibility index (Phi) is 13.7. The third-order valence-corrected chi connectivity index (χ3v) is 0.882. The molecule has 0 aromatic carbocycles. The zero-order chi connectivity index (χ0) is 8.41. The fourth-order valence-corrected chi connectivity index (χ4v) is 0.393. The highest BCUT2D eigenvalue weighted by molar-refractivity contribution is 5.74. The molecule has 3 heteroatoms. The maximum atomic E-state index is 10.2. The van der Waals surface area contributed by atoms with Gasteiger partial charge in [-0.25, -0.2) is 5.48 Å². The van der Waals surface area contributed by atoms with Gasteiger partial charge in [-0.1, -0.05) is 27.2 Å². The summed E-state index contributed by atoms with van der Waals surface area (Å²) in [6.45, 7) is 5.99. The van der Waals surface area contributed by atoms with Crippen LogP contribution in [0.15, 0.2) is 0 Å². The normalized spacial score (nSPS) is 7.60. The van der Waals surface area contributed by atoms with Crippen molar-refractivity contribution in [2.75, 3.05) is 0 Å². The van der Waals surface area contributed by atoms with Gasteiger partial charge in [-0.15, -0.1) is 0 Å². The molecule has 0 atom stereocenters. The second-order valence-corrected chi connectivity index (χ2v) is 1.64. The maximum Gasteiger partial charge on any atom is 0.243 e. The molecule has 0 fully saturated rings. The van der Waals surface area contributed by atoms with Crippen molar-refractivity contribution in [2.24, 2.45) is 0 Å². The first-order chi connectivity index (χ1) is 4.81. The van der Waals surface area contributed by atoms with E-state index in [1.807, 2.05) is 20.8 Å². The molecule has 0 radical (unpaired) electrons. The molecule has 0 aliphatic carbocycles. The summed E-state index contributed by atoms with van der Waals surface area (Å²) in [5, 5.41) is 7.96. The van der Waals surface area contributed by atoms with E-state index >= 15 is 0 Å². The first-order valence-electron chi connectivity index (χ1n) is 3.74. The van der Waals surface area contributed by atoms with Crippen LogP contribution in [-0.4, -0.2) is 11.1 Å². The van der Waals surface area contributed by atoms with Gasteiger partial charge >= 0.3 is 0 Å². The first kappa shape index (κ1) is 12.1. The molecule has 1 amide bonds. The number of nitrogens with one attached hydrogen (secondary N) is 1. The van der Waals surface area contributed by atoms with Gasteiger partial charge in [0, 0.05) is 6.42 Å². The van der Waals surface area contributed by atoms with Crippen LogP contribution in [0.1, 0.15) is 40.0 Å². The highest BCUT2D eigenvalue weighted by Gasteiger charge is 1.94. The minimum absolute atomic E-state index is 0.299. The third kappa shape index (κ3) is 10.4. The number of amides is 1. The standard InChI is InChI=1S/C5H11NO2.C2H6/c1-2-3-4-5(7)6-8;1-2/h8H,2-4H2,1H3,(H,6,7);1-2H3. The van der Waals surface area contributed by atoms with Crippen LogP contribution in [0.2, 0.25) is 0 Å². The fourth-order valence-electron chi connectivity index (χ4n) is 0.393. The lowest BCUT2D eigenvalue weighted by Gasteiger charge is -1.92. The van der Waals surface area contributed by atoms with Crippen LogP contribution in [0.25, 0.3) is 0 Å². The second-order valence-electron chi connectivity index (χ2n) is 1.64. The molecule has 0 saturated carbocycles. The third-order valence-electron chi connectivity index (χ3n) is 0.882. The average Bonchev–Trinajstić information content (AvgIpc) is 2.04. The minimum Gasteiger partial charge on any atom is -0.289 e. The quantitative estimate of drug-likeness (QED) is 0.471. The zero-order valence-corrected chi connectivity index (χ0v) is 6.98. The SMILES string of the molecule is CC.CCCCC(=O)NO. The van der Waals surface area contributed by atoms with E-state index in [1.165, 1.54) is 0 Å². The Morgan fingerprint density at radius 1 is 1.50 bits per heavy atom. The molecule has 0 aromatic heterocycles. The number of carbonyl (C=O) groups is 1. The molecule has 0 unspecified atom stereocenters. The Balaban J connectivity index is 0. The number of hydrogen-bond acceptors (Lipinski definition) is 2. The fraction of sp³-hybridized carbons (Fsp3) is 0.857. The van der Waals surface area contributed by atoms with Crippen molar-refractivity contribution in [1.29, 1.82) is 0 Å². The van der Waals surface area contributed by atoms with Crippen molar-refractivity contribution in [1.82, 2.24) is 5.48 Å². The predicted octanol–water partition coefficient (Wildman–Crippen LogP) is 1.71. The molecular weight excluding hydrogens is 130 g/mol. The van der Waals surface area contributed by atoms with Crippen LogP contribution < -0.4 is 5.48 Å². The monoisotopic (exact) mass is 147 g/mol. The van der Waals surface area contributed by atoms with Gasteiger partial charge in [0.2, 0.25) is 5.91 Å². The lowest BCUT2D eigenvalue weighted by molar-refractivity contribution is -0.129. The Labute approximate surface area is 62.4 Å². The van der Waals surface area contributed by atoms with E-state index in [0.29, 0.717) is 6.42 Å². The van der Waals surface area contributed by atoms with Gasteiger partial charge in [0.15, 0.2) is 0 Å². The van der Waals surface area contributed by atoms with Gasteiger partial charge < -0.3 is 0 Å². The topological polar surface area (TPSA) is 49.3 Å². The van der Waals surface area contributed by atoms with Crippen LogP contribution in [0, 0.1) is 0 Å². The Bertz CT molecular complexity index is 74.0.